The highest BCUT2D eigenvalue weighted by molar-refractivity contribution is 6.62. The van der Waals surface area contributed by atoms with Crippen LogP contribution in [-0.4, -0.2) is 24.1 Å². The van der Waals surface area contributed by atoms with Crippen LogP contribution in [0.25, 0.3) is 0 Å². The fourth-order valence-electron chi connectivity index (χ4n) is 2.13. The van der Waals surface area contributed by atoms with Crippen molar-refractivity contribution in [3.63, 3.8) is 0 Å². The van der Waals surface area contributed by atoms with Gasteiger partial charge in [-0.25, -0.2) is 0 Å². The van der Waals surface area contributed by atoms with Gasteiger partial charge in [0.05, 0.1) is 11.2 Å². The number of Topliss-reactive ketones (excluding diaryl/α,β-unsaturated/α-hetero) is 1. The summed E-state index contributed by atoms with van der Waals surface area (Å²) >= 11 is 0. The maximum Gasteiger partial charge on any atom is 0.495 e. The van der Waals surface area contributed by atoms with Crippen molar-refractivity contribution in [3.8, 4) is 0 Å². The van der Waals surface area contributed by atoms with E-state index in [0.29, 0.717) is 0 Å². The van der Waals surface area contributed by atoms with E-state index in [9.17, 15) is 4.79 Å². The summed E-state index contributed by atoms with van der Waals surface area (Å²) in [6, 6.07) is 5.65. The average molecular weight is 260 g/mol. The molecule has 0 atom stereocenters. The molecule has 1 saturated heterocycles. The summed E-state index contributed by atoms with van der Waals surface area (Å²) in [6.45, 7) is 11.7. The molecule has 0 unspecified atom stereocenters. The Hall–Kier alpha value is -1.13. The van der Waals surface area contributed by atoms with Gasteiger partial charge in [-0.2, -0.15) is 0 Å². The first-order chi connectivity index (χ1) is 8.64. The molecule has 1 fully saturated rings. The van der Waals surface area contributed by atoms with Gasteiger partial charge >= 0.3 is 7.12 Å². The van der Waals surface area contributed by atoms with Crippen LogP contribution in [0.4, 0.5) is 0 Å². The van der Waals surface area contributed by atoms with E-state index in [1.807, 2.05) is 52.8 Å². The third-order valence-electron chi connectivity index (χ3n) is 4.18. The molecule has 2 rings (SSSR count). The number of aryl methyl sites for hydroxylation is 1. The minimum atomic E-state index is -0.369. The molecule has 1 aromatic rings. The standard InChI is InChI=1S/C15H21BO3/c1-10-9-12(11(2)17)7-8-13(10)16-18-14(3,4)15(5,6)19-16/h7-9H,1-6H3. The van der Waals surface area contributed by atoms with Crippen LogP contribution >= 0.6 is 0 Å². The zero-order chi connectivity index (χ0) is 14.4. The average Bonchev–Trinajstić information content (AvgIpc) is 2.47. The third-order valence-corrected chi connectivity index (χ3v) is 4.18. The molecule has 19 heavy (non-hydrogen) atoms. The quantitative estimate of drug-likeness (QED) is 0.605. The highest BCUT2D eigenvalue weighted by atomic mass is 16.7. The molecule has 0 N–H and O–H groups in total. The zero-order valence-corrected chi connectivity index (χ0v) is 12.5. The lowest BCUT2D eigenvalue weighted by Gasteiger charge is -2.32. The first kappa shape index (κ1) is 14.3. The van der Waals surface area contributed by atoms with E-state index in [1.54, 1.807) is 6.92 Å². The highest BCUT2D eigenvalue weighted by Gasteiger charge is 2.51. The predicted octanol–water partition coefficient (Wildman–Crippen LogP) is 2.50. The number of carbonyl (C=O) groups excluding carboxylic acids is 1. The van der Waals surface area contributed by atoms with Crippen LogP contribution in [-0.2, 0) is 9.31 Å². The lowest BCUT2D eigenvalue weighted by molar-refractivity contribution is 0.00578. The lowest BCUT2D eigenvalue weighted by atomic mass is 9.75. The van der Waals surface area contributed by atoms with Crippen LogP contribution in [0, 0.1) is 6.92 Å². The number of hydrogen-bond acceptors (Lipinski definition) is 3. The monoisotopic (exact) mass is 260 g/mol. The second-order valence-corrected chi connectivity index (χ2v) is 6.22. The number of benzene rings is 1. The van der Waals surface area contributed by atoms with Gasteiger partial charge in [-0.05, 0) is 53.1 Å². The first-order valence-corrected chi connectivity index (χ1v) is 6.61. The summed E-state index contributed by atoms with van der Waals surface area (Å²) in [5, 5.41) is 0. The van der Waals surface area contributed by atoms with Gasteiger partial charge in [0.15, 0.2) is 5.78 Å². The first-order valence-electron chi connectivity index (χ1n) is 6.61. The number of carbonyl (C=O) groups is 1. The lowest BCUT2D eigenvalue weighted by Crippen LogP contribution is -2.41. The van der Waals surface area contributed by atoms with Gasteiger partial charge in [0.25, 0.3) is 0 Å². The van der Waals surface area contributed by atoms with Gasteiger partial charge in [0.2, 0.25) is 0 Å². The van der Waals surface area contributed by atoms with Crippen LogP contribution in [0.3, 0.4) is 0 Å². The molecule has 0 radical (unpaired) electrons. The maximum atomic E-state index is 11.4. The highest BCUT2D eigenvalue weighted by Crippen LogP contribution is 2.36. The fraction of sp³-hybridized carbons (Fsp3) is 0.533. The summed E-state index contributed by atoms with van der Waals surface area (Å²) in [5.41, 5.74) is 2.04. The van der Waals surface area contributed by atoms with E-state index in [0.717, 1.165) is 16.6 Å². The summed E-state index contributed by atoms with van der Waals surface area (Å²) in [4.78, 5) is 11.4. The van der Waals surface area contributed by atoms with E-state index in [1.165, 1.54) is 0 Å². The largest absolute Gasteiger partial charge is 0.495 e. The van der Waals surface area contributed by atoms with Gasteiger partial charge in [-0.15, -0.1) is 0 Å². The maximum absolute atomic E-state index is 11.4. The van der Waals surface area contributed by atoms with Crippen molar-refractivity contribution >= 4 is 18.4 Å². The number of rotatable bonds is 2. The van der Waals surface area contributed by atoms with Crippen molar-refractivity contribution in [2.24, 2.45) is 0 Å². The topological polar surface area (TPSA) is 35.5 Å². The van der Waals surface area contributed by atoms with Crippen LogP contribution in [0.15, 0.2) is 18.2 Å². The summed E-state index contributed by atoms with van der Waals surface area (Å²) < 4.78 is 12.0. The van der Waals surface area contributed by atoms with Crippen LogP contribution in [0.1, 0.15) is 50.5 Å². The summed E-state index contributed by atoms with van der Waals surface area (Å²) in [7, 11) is -0.369. The molecule has 0 amide bonds. The van der Waals surface area contributed by atoms with Gasteiger partial charge in [-0.3, -0.25) is 4.79 Å². The fourth-order valence-corrected chi connectivity index (χ4v) is 2.13. The van der Waals surface area contributed by atoms with Crippen molar-refractivity contribution in [1.29, 1.82) is 0 Å². The second-order valence-electron chi connectivity index (χ2n) is 6.22. The smallest absolute Gasteiger partial charge is 0.399 e. The zero-order valence-electron chi connectivity index (χ0n) is 12.5. The molecule has 0 aliphatic carbocycles. The van der Waals surface area contributed by atoms with Crippen molar-refractivity contribution < 1.29 is 14.1 Å². The molecule has 1 aliphatic rings. The van der Waals surface area contributed by atoms with E-state index < -0.39 is 0 Å². The molecular formula is C15H21BO3. The Morgan fingerprint density at radius 3 is 2.05 bits per heavy atom. The Balaban J connectivity index is 2.33. The van der Waals surface area contributed by atoms with Crippen molar-refractivity contribution in [3.05, 3.63) is 29.3 Å². The van der Waals surface area contributed by atoms with Gasteiger partial charge in [0, 0.05) is 5.56 Å². The van der Waals surface area contributed by atoms with Gasteiger partial charge in [-0.1, -0.05) is 17.7 Å². The molecule has 1 aliphatic heterocycles. The minimum Gasteiger partial charge on any atom is -0.399 e. The Morgan fingerprint density at radius 1 is 1.11 bits per heavy atom. The molecule has 1 aromatic carbocycles. The van der Waals surface area contributed by atoms with Gasteiger partial charge in [0.1, 0.15) is 0 Å². The van der Waals surface area contributed by atoms with Crippen molar-refractivity contribution in [1.82, 2.24) is 0 Å². The minimum absolute atomic E-state index is 0.0727. The molecule has 4 heteroatoms. The molecule has 0 aromatic heterocycles. The molecule has 0 saturated carbocycles. The van der Waals surface area contributed by atoms with Crippen LogP contribution < -0.4 is 5.46 Å². The summed E-state index contributed by atoms with van der Waals surface area (Å²) in [5.74, 6) is 0.0727. The van der Waals surface area contributed by atoms with E-state index in [2.05, 4.69) is 0 Å². The molecule has 102 valence electrons. The van der Waals surface area contributed by atoms with E-state index >= 15 is 0 Å². The van der Waals surface area contributed by atoms with E-state index in [-0.39, 0.29) is 24.1 Å². The molecule has 0 spiro atoms. The van der Waals surface area contributed by atoms with Crippen LogP contribution in [0.2, 0.25) is 0 Å². The number of hydrogen-bond donors (Lipinski definition) is 0. The number of ketones is 1. The van der Waals surface area contributed by atoms with Crippen molar-refractivity contribution in [2.75, 3.05) is 0 Å². The Labute approximate surface area is 115 Å². The Kier molecular flexibility index (Phi) is 3.35. The molecule has 0 bridgehead atoms. The third kappa shape index (κ3) is 2.47. The van der Waals surface area contributed by atoms with Crippen molar-refractivity contribution in [2.45, 2.75) is 52.7 Å². The molecular weight excluding hydrogens is 239 g/mol. The predicted molar refractivity (Wildman–Crippen MR) is 76.9 cm³/mol. The SMILES string of the molecule is CC(=O)c1ccc(B2OC(C)(C)C(C)(C)O2)c(C)c1. The Morgan fingerprint density at radius 2 is 1.63 bits per heavy atom. The molecule has 1 heterocycles. The van der Waals surface area contributed by atoms with Crippen LogP contribution in [0.5, 0.6) is 0 Å². The molecule has 3 nitrogen and oxygen atoms in total. The van der Waals surface area contributed by atoms with E-state index in [4.69, 9.17) is 9.31 Å². The normalized spacial score (nSPS) is 20.6. The Bertz CT molecular complexity index is 504. The summed E-state index contributed by atoms with van der Waals surface area (Å²) in [6.07, 6.45) is 0. The van der Waals surface area contributed by atoms with Gasteiger partial charge < -0.3 is 9.31 Å². The second kappa shape index (κ2) is 4.46.